The molecule has 0 spiro atoms. The van der Waals surface area contributed by atoms with Crippen LogP contribution in [0.2, 0.25) is 0 Å². The molecule has 2 N–H and O–H groups in total. The SMILES string of the molecule is N#Cc1ccc(-c2cnn3c(N)cc(C4CCCCC4)nc23)cc1. The second-order valence-electron chi connectivity index (χ2n) is 6.42. The lowest BCUT2D eigenvalue weighted by atomic mass is 9.87. The van der Waals surface area contributed by atoms with Gasteiger partial charge in [-0.15, -0.1) is 0 Å². The van der Waals surface area contributed by atoms with E-state index in [9.17, 15) is 0 Å². The van der Waals surface area contributed by atoms with Gasteiger partial charge < -0.3 is 5.73 Å². The van der Waals surface area contributed by atoms with Gasteiger partial charge in [0.05, 0.1) is 17.8 Å². The molecule has 4 rings (SSSR count). The first-order chi connectivity index (χ1) is 11.8. The van der Waals surface area contributed by atoms with Crippen molar-refractivity contribution in [2.75, 3.05) is 5.73 Å². The lowest BCUT2D eigenvalue weighted by Crippen LogP contribution is -2.10. The van der Waals surface area contributed by atoms with Crippen LogP contribution in [0.3, 0.4) is 0 Å². The van der Waals surface area contributed by atoms with E-state index in [4.69, 9.17) is 16.0 Å². The zero-order valence-electron chi connectivity index (χ0n) is 13.4. The standard InChI is InChI=1S/C19H19N5/c20-11-13-6-8-14(9-7-13)16-12-22-24-18(21)10-17(23-19(16)24)15-4-2-1-3-5-15/h6-10,12,15H,1-5,21H2. The molecule has 0 amide bonds. The van der Waals surface area contributed by atoms with Gasteiger partial charge in [0.1, 0.15) is 5.82 Å². The molecule has 3 aromatic rings. The van der Waals surface area contributed by atoms with Crippen molar-refractivity contribution in [2.45, 2.75) is 38.0 Å². The van der Waals surface area contributed by atoms with Crippen LogP contribution >= 0.6 is 0 Å². The van der Waals surface area contributed by atoms with E-state index >= 15 is 0 Å². The quantitative estimate of drug-likeness (QED) is 0.777. The number of nitrogens with zero attached hydrogens (tertiary/aromatic N) is 4. The first kappa shape index (κ1) is 14.7. The molecule has 0 bridgehead atoms. The molecule has 1 aliphatic rings. The fourth-order valence-electron chi connectivity index (χ4n) is 3.54. The normalized spacial score (nSPS) is 15.5. The number of benzene rings is 1. The van der Waals surface area contributed by atoms with Gasteiger partial charge in [-0.3, -0.25) is 0 Å². The Kier molecular flexibility index (Phi) is 3.66. The molecule has 1 saturated carbocycles. The van der Waals surface area contributed by atoms with Crippen LogP contribution in [0.15, 0.2) is 36.5 Å². The molecule has 1 aliphatic carbocycles. The maximum Gasteiger partial charge on any atom is 0.165 e. The molecule has 2 aromatic heterocycles. The Labute approximate surface area is 140 Å². The highest BCUT2D eigenvalue weighted by Crippen LogP contribution is 2.34. The van der Waals surface area contributed by atoms with Crippen molar-refractivity contribution < 1.29 is 0 Å². The van der Waals surface area contributed by atoms with Crippen LogP contribution in [-0.2, 0) is 0 Å². The smallest absolute Gasteiger partial charge is 0.165 e. The van der Waals surface area contributed by atoms with E-state index in [0.29, 0.717) is 17.3 Å². The largest absolute Gasteiger partial charge is 0.384 e. The van der Waals surface area contributed by atoms with Gasteiger partial charge in [-0.05, 0) is 30.5 Å². The Balaban J connectivity index is 1.81. The van der Waals surface area contributed by atoms with Crippen molar-refractivity contribution in [1.82, 2.24) is 14.6 Å². The van der Waals surface area contributed by atoms with Gasteiger partial charge >= 0.3 is 0 Å². The molecule has 5 heteroatoms. The van der Waals surface area contributed by atoms with Gasteiger partial charge in [-0.1, -0.05) is 31.4 Å². The third kappa shape index (κ3) is 2.50. The average molecular weight is 317 g/mol. The van der Waals surface area contributed by atoms with Crippen LogP contribution < -0.4 is 5.73 Å². The van der Waals surface area contributed by atoms with E-state index in [1.807, 2.05) is 30.3 Å². The first-order valence-electron chi connectivity index (χ1n) is 8.41. The molecular weight excluding hydrogens is 298 g/mol. The molecule has 24 heavy (non-hydrogen) atoms. The van der Waals surface area contributed by atoms with Crippen LogP contribution in [0.4, 0.5) is 5.82 Å². The van der Waals surface area contributed by atoms with E-state index < -0.39 is 0 Å². The average Bonchev–Trinajstić information content (AvgIpc) is 3.07. The maximum atomic E-state index is 8.95. The lowest BCUT2D eigenvalue weighted by Gasteiger charge is -2.21. The summed E-state index contributed by atoms with van der Waals surface area (Å²) < 4.78 is 1.69. The second-order valence-corrected chi connectivity index (χ2v) is 6.42. The van der Waals surface area contributed by atoms with Gasteiger partial charge in [0.15, 0.2) is 5.65 Å². The van der Waals surface area contributed by atoms with Gasteiger partial charge in [0.25, 0.3) is 0 Å². The Hall–Kier alpha value is -2.87. The Bertz CT molecular complexity index is 911. The molecule has 0 atom stereocenters. The number of aromatic nitrogens is 3. The van der Waals surface area contributed by atoms with Crippen molar-refractivity contribution in [2.24, 2.45) is 0 Å². The molecule has 0 unspecified atom stereocenters. The molecule has 120 valence electrons. The zero-order chi connectivity index (χ0) is 16.5. The molecule has 0 radical (unpaired) electrons. The number of hydrogen-bond donors (Lipinski definition) is 1. The monoisotopic (exact) mass is 317 g/mol. The summed E-state index contributed by atoms with van der Waals surface area (Å²) in [4.78, 5) is 4.89. The number of anilines is 1. The van der Waals surface area contributed by atoms with Crippen molar-refractivity contribution in [3.05, 3.63) is 47.8 Å². The minimum atomic E-state index is 0.495. The molecule has 2 heterocycles. The lowest BCUT2D eigenvalue weighted by molar-refractivity contribution is 0.437. The molecular formula is C19H19N5. The first-order valence-corrected chi connectivity index (χ1v) is 8.41. The van der Waals surface area contributed by atoms with Crippen molar-refractivity contribution >= 4 is 11.5 Å². The Morgan fingerprint density at radius 1 is 1.12 bits per heavy atom. The van der Waals surface area contributed by atoms with E-state index in [2.05, 4.69) is 11.2 Å². The second kappa shape index (κ2) is 5.97. The predicted octanol–water partition coefficient (Wildman–Crippen LogP) is 3.90. The number of rotatable bonds is 2. The molecule has 0 aliphatic heterocycles. The number of nitrogens with two attached hydrogens (primary N) is 1. The van der Waals surface area contributed by atoms with Crippen LogP contribution in [0.1, 0.15) is 49.3 Å². The van der Waals surface area contributed by atoms with Gasteiger partial charge in [0.2, 0.25) is 0 Å². The minimum absolute atomic E-state index is 0.495. The summed E-state index contributed by atoms with van der Waals surface area (Å²) in [5.74, 6) is 1.12. The number of nitriles is 1. The highest BCUT2D eigenvalue weighted by molar-refractivity contribution is 5.78. The predicted molar refractivity (Wildman–Crippen MR) is 93.4 cm³/mol. The van der Waals surface area contributed by atoms with Crippen molar-refractivity contribution in [3.63, 3.8) is 0 Å². The van der Waals surface area contributed by atoms with Crippen molar-refractivity contribution in [3.8, 4) is 17.2 Å². The van der Waals surface area contributed by atoms with Crippen LogP contribution in [0.5, 0.6) is 0 Å². The Morgan fingerprint density at radius 2 is 1.88 bits per heavy atom. The van der Waals surface area contributed by atoms with Crippen LogP contribution in [0.25, 0.3) is 16.8 Å². The highest BCUT2D eigenvalue weighted by atomic mass is 15.3. The fourth-order valence-corrected chi connectivity index (χ4v) is 3.54. The van der Waals surface area contributed by atoms with Crippen molar-refractivity contribution in [1.29, 1.82) is 5.26 Å². The van der Waals surface area contributed by atoms with Gasteiger partial charge in [-0.2, -0.15) is 14.9 Å². The van der Waals surface area contributed by atoms with Crippen LogP contribution in [0, 0.1) is 11.3 Å². The van der Waals surface area contributed by atoms with E-state index in [-0.39, 0.29) is 0 Å². The summed E-state index contributed by atoms with van der Waals surface area (Å²) in [5.41, 5.74) is 10.7. The summed E-state index contributed by atoms with van der Waals surface area (Å²) in [5, 5.41) is 13.3. The summed E-state index contributed by atoms with van der Waals surface area (Å²) >= 11 is 0. The molecule has 0 saturated heterocycles. The summed E-state index contributed by atoms with van der Waals surface area (Å²) in [6.45, 7) is 0. The third-order valence-corrected chi connectivity index (χ3v) is 4.87. The summed E-state index contributed by atoms with van der Waals surface area (Å²) in [6, 6.07) is 11.6. The topological polar surface area (TPSA) is 80.0 Å². The van der Waals surface area contributed by atoms with Gasteiger partial charge in [0, 0.05) is 23.2 Å². The summed E-state index contributed by atoms with van der Waals surface area (Å²) in [7, 11) is 0. The maximum absolute atomic E-state index is 8.95. The van der Waals surface area contributed by atoms with E-state index in [1.54, 1.807) is 10.7 Å². The summed E-state index contributed by atoms with van der Waals surface area (Å²) in [6.07, 6.45) is 8.01. The van der Waals surface area contributed by atoms with E-state index in [1.165, 1.54) is 32.1 Å². The number of hydrogen-bond acceptors (Lipinski definition) is 4. The number of fused-ring (bicyclic) bond motifs is 1. The van der Waals surface area contributed by atoms with Crippen LogP contribution in [-0.4, -0.2) is 14.6 Å². The molecule has 1 fully saturated rings. The fraction of sp³-hybridized carbons (Fsp3) is 0.316. The van der Waals surface area contributed by atoms with E-state index in [0.717, 1.165) is 22.5 Å². The zero-order valence-corrected chi connectivity index (χ0v) is 13.4. The third-order valence-electron chi connectivity index (χ3n) is 4.87. The highest BCUT2D eigenvalue weighted by Gasteiger charge is 2.20. The Morgan fingerprint density at radius 3 is 2.58 bits per heavy atom. The molecule has 1 aromatic carbocycles. The number of nitrogen functional groups attached to an aromatic ring is 1. The molecule has 5 nitrogen and oxygen atoms in total. The minimum Gasteiger partial charge on any atom is -0.384 e. The van der Waals surface area contributed by atoms with Gasteiger partial charge in [-0.25, -0.2) is 4.98 Å².